The van der Waals surface area contributed by atoms with E-state index < -0.39 is 98.3 Å². The van der Waals surface area contributed by atoms with Gasteiger partial charge in [0.05, 0.1) is 30.9 Å². The summed E-state index contributed by atoms with van der Waals surface area (Å²) in [4.78, 5) is 25.3. The molecule has 3 aliphatic heterocycles. The molecule has 1 saturated carbocycles. The topological polar surface area (TPSA) is 214 Å². The number of fused-ring (bicyclic) bond motifs is 4. The van der Waals surface area contributed by atoms with Gasteiger partial charge in [0.1, 0.15) is 42.7 Å². The van der Waals surface area contributed by atoms with Gasteiger partial charge in [-0.25, -0.2) is 0 Å². The van der Waals surface area contributed by atoms with Crippen LogP contribution in [0.25, 0.3) is 0 Å². The van der Waals surface area contributed by atoms with Crippen molar-refractivity contribution in [1.29, 1.82) is 0 Å². The molecule has 0 aromatic heterocycles. The first kappa shape index (κ1) is 35.6. The molecule has 0 spiro atoms. The average molecular weight is 635 g/mol. The van der Waals surface area contributed by atoms with Crippen molar-refractivity contribution in [3.63, 3.8) is 0 Å². The van der Waals surface area contributed by atoms with Crippen molar-refractivity contribution in [2.24, 2.45) is 0 Å². The second-order valence-electron chi connectivity index (χ2n) is 11.5. The van der Waals surface area contributed by atoms with Crippen LogP contribution in [0.2, 0.25) is 0 Å². The molecule has 0 radical (unpaired) electrons. The monoisotopic (exact) mass is 634 g/mol. The molecule has 1 aromatic rings. The van der Waals surface area contributed by atoms with Gasteiger partial charge in [-0.15, -0.1) is 0 Å². The minimum absolute atomic E-state index is 0. The first-order valence-corrected chi connectivity index (χ1v) is 14.7. The van der Waals surface area contributed by atoms with Gasteiger partial charge in [-0.05, 0) is 24.8 Å². The Morgan fingerprint density at radius 3 is 2.14 bits per heavy atom. The van der Waals surface area contributed by atoms with E-state index in [0.717, 1.165) is 12.8 Å². The van der Waals surface area contributed by atoms with Crippen LogP contribution >= 0.6 is 0 Å². The molecular weight excluding hydrogens is 595 g/mol. The summed E-state index contributed by atoms with van der Waals surface area (Å²) in [6, 6.07) is 8.62. The molecule has 3 heterocycles. The van der Waals surface area contributed by atoms with Gasteiger partial charge in [-0.2, -0.15) is 0 Å². The number of aliphatic carboxylic acids is 1. The van der Waals surface area contributed by atoms with Gasteiger partial charge >= 0.3 is 35.5 Å². The molecule has 2 bridgehead atoms. The number of benzene rings is 1. The molecule has 3 saturated heterocycles. The van der Waals surface area contributed by atoms with E-state index in [1.807, 2.05) is 0 Å². The summed E-state index contributed by atoms with van der Waals surface area (Å²) in [6.07, 6.45) is -15.5. The van der Waals surface area contributed by atoms with Crippen LogP contribution in [0.4, 0.5) is 0 Å². The zero-order valence-electron chi connectivity index (χ0n) is 24.5. The molecule has 5 rings (SSSR count). The molecule has 44 heavy (non-hydrogen) atoms. The number of esters is 1. The van der Waals surface area contributed by atoms with Crippen LogP contribution in [0.5, 0.6) is 0 Å². The van der Waals surface area contributed by atoms with E-state index in [1.165, 1.54) is 0 Å². The Bertz CT molecular complexity index is 1080. The molecule has 1 aliphatic carbocycles. The number of ether oxygens (including phenoxy) is 6. The van der Waals surface area contributed by atoms with E-state index in [2.05, 4.69) is 0 Å². The normalized spacial score (nSPS) is 40.3. The predicted octanol–water partition coefficient (Wildman–Crippen LogP) is -5.33. The van der Waals surface area contributed by atoms with Gasteiger partial charge in [0.25, 0.3) is 0 Å². The van der Waals surface area contributed by atoms with Gasteiger partial charge in [0.2, 0.25) is 0 Å². The summed E-state index contributed by atoms with van der Waals surface area (Å²) >= 11 is 0. The van der Waals surface area contributed by atoms with Crippen molar-refractivity contribution in [3.05, 3.63) is 35.9 Å². The molecule has 240 valence electrons. The second kappa shape index (κ2) is 16.0. The molecule has 0 amide bonds. The standard InChI is InChI=1S/C29H40O14.Na/c30-13-19-22(33)25(38-18(27(36)37)12-14-6-2-1-3-7-14)26-29(42-19)40-16-9-5-4-8-15(16)39-28-24(35)23(34)21(32)17(41-28)10-11-20(31)43-26;/h1-3,6-7,15-19,21-26,28-30,32-35H,4-5,8-13H2,(H,36,37);/q;+1/p-1/t15-,16-,17+,18+,19+,21-,22+,23+,24+,25+,26-,28-,29-;/m1./s1. The Morgan fingerprint density at radius 1 is 0.864 bits per heavy atom. The molecule has 13 atom stereocenters. The summed E-state index contributed by atoms with van der Waals surface area (Å²) < 4.78 is 35.6. The quantitative estimate of drug-likeness (QED) is 0.146. The molecule has 1 aromatic carbocycles. The fourth-order valence-electron chi connectivity index (χ4n) is 6.09. The first-order valence-electron chi connectivity index (χ1n) is 14.7. The fraction of sp³-hybridized carbons (Fsp3) is 0.724. The van der Waals surface area contributed by atoms with Crippen molar-refractivity contribution in [3.8, 4) is 0 Å². The summed E-state index contributed by atoms with van der Waals surface area (Å²) in [5.74, 6) is -2.40. The maximum absolute atomic E-state index is 13.1. The number of hydrogen-bond donors (Lipinski definition) is 5. The third-order valence-corrected chi connectivity index (χ3v) is 8.48. The molecule has 4 aliphatic rings. The van der Waals surface area contributed by atoms with Crippen LogP contribution in [0.1, 0.15) is 44.1 Å². The Morgan fingerprint density at radius 2 is 1.50 bits per heavy atom. The SMILES string of the molecule is O=C1CC[C@@H]2O[C@@H](O[C@@H]3CCCC[C@H]3O[C@@H]3O[C@@H](CO)[C@H](O)[C@H](O[C@@H](Cc4ccccc4)C(=O)[O-])[C@H]3O1)[C@@H](O)[C@@H](O)[C@@H]2O.[Na+]. The summed E-state index contributed by atoms with van der Waals surface area (Å²) in [7, 11) is 0. The van der Waals surface area contributed by atoms with Crippen molar-refractivity contribution >= 4 is 11.9 Å². The number of rotatable bonds is 6. The van der Waals surface area contributed by atoms with Gasteiger partial charge in [0, 0.05) is 12.8 Å². The molecule has 15 heteroatoms. The van der Waals surface area contributed by atoms with E-state index in [4.69, 9.17) is 28.4 Å². The molecule has 14 nitrogen and oxygen atoms in total. The zero-order valence-corrected chi connectivity index (χ0v) is 26.5. The Balaban J connectivity index is 0.00000442. The van der Waals surface area contributed by atoms with E-state index in [-0.39, 0.29) is 48.8 Å². The summed E-state index contributed by atoms with van der Waals surface area (Å²) in [6.45, 7) is -0.680. The number of carbonyl (C=O) groups is 2. The van der Waals surface area contributed by atoms with E-state index in [0.29, 0.717) is 18.4 Å². The van der Waals surface area contributed by atoms with Crippen LogP contribution in [-0.2, 0) is 44.4 Å². The van der Waals surface area contributed by atoms with Crippen LogP contribution < -0.4 is 34.7 Å². The Hall–Kier alpha value is -1.24. The Kier molecular flexibility index (Phi) is 13.0. The van der Waals surface area contributed by atoms with Crippen molar-refractivity contribution in [2.45, 2.75) is 125 Å². The smallest absolute Gasteiger partial charge is 0.547 e. The van der Waals surface area contributed by atoms with Gasteiger partial charge in [-0.1, -0.05) is 43.2 Å². The van der Waals surface area contributed by atoms with Crippen molar-refractivity contribution < 1.29 is 98.2 Å². The van der Waals surface area contributed by atoms with Crippen molar-refractivity contribution in [2.75, 3.05) is 6.61 Å². The Labute approximate surface area is 276 Å². The largest absolute Gasteiger partial charge is 1.00 e. The molecular formula is C29H39NaO14. The maximum Gasteiger partial charge on any atom is 1.00 e. The van der Waals surface area contributed by atoms with E-state index in [9.17, 15) is 40.2 Å². The molecule has 0 unspecified atom stereocenters. The number of carboxylic acids is 1. The van der Waals surface area contributed by atoms with Crippen molar-refractivity contribution in [1.82, 2.24) is 0 Å². The second-order valence-corrected chi connectivity index (χ2v) is 11.5. The number of carboxylic acid groups (broad SMARTS) is 1. The van der Waals surface area contributed by atoms with E-state index >= 15 is 0 Å². The van der Waals surface area contributed by atoms with Gasteiger partial charge < -0.3 is 63.9 Å². The minimum atomic E-state index is -1.62. The maximum atomic E-state index is 13.1. The molecule has 5 N–H and O–H groups in total. The number of carbonyl (C=O) groups excluding carboxylic acids is 2. The first-order chi connectivity index (χ1) is 20.7. The van der Waals surface area contributed by atoms with Gasteiger partial charge in [0.15, 0.2) is 18.7 Å². The van der Waals surface area contributed by atoms with E-state index in [1.54, 1.807) is 30.3 Å². The average Bonchev–Trinajstić information content (AvgIpc) is 3.01. The van der Waals surface area contributed by atoms with Crippen LogP contribution in [0.15, 0.2) is 30.3 Å². The number of hydrogen-bond acceptors (Lipinski definition) is 14. The predicted molar refractivity (Wildman–Crippen MR) is 140 cm³/mol. The van der Waals surface area contributed by atoms with Crippen LogP contribution in [0.3, 0.4) is 0 Å². The minimum Gasteiger partial charge on any atom is -0.547 e. The zero-order chi connectivity index (χ0) is 30.7. The third-order valence-electron chi connectivity index (χ3n) is 8.48. The van der Waals surface area contributed by atoms with Crippen LogP contribution in [-0.4, -0.2) is 124 Å². The fourth-order valence-corrected chi connectivity index (χ4v) is 6.09. The van der Waals surface area contributed by atoms with Gasteiger partial charge in [-0.3, -0.25) is 4.79 Å². The summed E-state index contributed by atoms with van der Waals surface area (Å²) in [5.41, 5.74) is 0.618. The van der Waals surface area contributed by atoms with Crippen LogP contribution in [0, 0.1) is 0 Å². The molecule has 4 fully saturated rings. The number of aliphatic hydroxyl groups is 5. The number of aliphatic hydroxyl groups excluding tert-OH is 5. The third kappa shape index (κ3) is 8.18. The summed E-state index contributed by atoms with van der Waals surface area (Å²) in [5, 5.41) is 64.8.